The number of fused-ring (bicyclic) bond motifs is 1. The molecule has 0 spiro atoms. The molecular weight excluding hydrogens is 286 g/mol. The van der Waals surface area contributed by atoms with E-state index in [4.69, 9.17) is 10.7 Å². The molecule has 0 saturated carbocycles. The maximum Gasteiger partial charge on any atom is 0.145 e. The van der Waals surface area contributed by atoms with Crippen LogP contribution in [0.1, 0.15) is 0 Å². The second-order valence-electron chi connectivity index (χ2n) is 5.40. The number of nitrogens with zero attached hydrogens (tertiary/aromatic N) is 2. The van der Waals surface area contributed by atoms with Gasteiger partial charge in [-0.2, -0.15) is 0 Å². The summed E-state index contributed by atoms with van der Waals surface area (Å²) in [5, 5.41) is 9.55. The number of phenolic OH excluding ortho intramolecular Hbond substituents is 1. The molecule has 0 fully saturated rings. The molecule has 4 rings (SSSR count). The summed E-state index contributed by atoms with van der Waals surface area (Å²) in [6.45, 7) is 0. The molecule has 1 aromatic heterocycles. The molecule has 0 aliphatic heterocycles. The smallest absolute Gasteiger partial charge is 0.145 e. The Bertz CT molecular complexity index is 970. The number of aromatic hydroxyl groups is 1. The van der Waals surface area contributed by atoms with E-state index in [1.54, 1.807) is 12.1 Å². The summed E-state index contributed by atoms with van der Waals surface area (Å²) >= 11 is 0. The first kappa shape index (κ1) is 13.4. The molecule has 0 atom stereocenters. The minimum atomic E-state index is 0.243. The highest BCUT2D eigenvalue weighted by Gasteiger charge is 2.13. The summed E-state index contributed by atoms with van der Waals surface area (Å²) in [6, 6.07) is 22.8. The fraction of sp³-hybridized carbons (Fsp3) is 0. The van der Waals surface area contributed by atoms with Crippen LogP contribution in [0.25, 0.3) is 28.1 Å². The zero-order valence-corrected chi connectivity index (χ0v) is 12.3. The Morgan fingerprint density at radius 1 is 0.826 bits per heavy atom. The Morgan fingerprint density at radius 2 is 1.52 bits per heavy atom. The monoisotopic (exact) mass is 301 g/mol. The van der Waals surface area contributed by atoms with Gasteiger partial charge in [-0.15, -0.1) is 0 Å². The van der Waals surface area contributed by atoms with E-state index in [1.807, 2.05) is 60.7 Å². The van der Waals surface area contributed by atoms with Crippen LogP contribution in [0.4, 0.5) is 5.69 Å². The van der Waals surface area contributed by atoms with Gasteiger partial charge in [0.25, 0.3) is 0 Å². The highest BCUT2D eigenvalue weighted by atomic mass is 16.3. The molecule has 0 unspecified atom stereocenters. The van der Waals surface area contributed by atoms with Crippen LogP contribution in [0, 0.1) is 0 Å². The average Bonchev–Trinajstić information content (AvgIpc) is 2.96. The van der Waals surface area contributed by atoms with Crippen molar-refractivity contribution in [1.29, 1.82) is 0 Å². The molecule has 3 N–H and O–H groups in total. The van der Waals surface area contributed by atoms with Gasteiger partial charge >= 0.3 is 0 Å². The number of nitrogen functional groups attached to an aromatic ring is 1. The first-order valence-corrected chi connectivity index (χ1v) is 7.35. The molecule has 0 radical (unpaired) electrons. The maximum atomic E-state index is 9.55. The number of nitrogens with two attached hydrogens (primary N) is 1. The summed E-state index contributed by atoms with van der Waals surface area (Å²) in [5.74, 6) is 1.09. The summed E-state index contributed by atoms with van der Waals surface area (Å²) in [5.41, 5.74) is 10.4. The number of aromatic nitrogens is 2. The van der Waals surface area contributed by atoms with Crippen LogP contribution >= 0.6 is 0 Å². The van der Waals surface area contributed by atoms with Gasteiger partial charge in [-0.3, -0.25) is 4.57 Å². The number of para-hydroxylation sites is 2. The Hall–Kier alpha value is -3.27. The van der Waals surface area contributed by atoms with E-state index in [-0.39, 0.29) is 5.75 Å². The second-order valence-corrected chi connectivity index (χ2v) is 5.40. The number of benzene rings is 3. The third-order valence-electron chi connectivity index (χ3n) is 3.84. The second kappa shape index (κ2) is 5.18. The first-order chi connectivity index (χ1) is 11.2. The summed E-state index contributed by atoms with van der Waals surface area (Å²) in [7, 11) is 0. The molecule has 112 valence electrons. The van der Waals surface area contributed by atoms with Crippen molar-refractivity contribution in [3.63, 3.8) is 0 Å². The molecule has 3 aromatic carbocycles. The summed E-state index contributed by atoms with van der Waals surface area (Å²) < 4.78 is 2.08. The molecule has 0 bridgehead atoms. The van der Waals surface area contributed by atoms with E-state index in [0.717, 1.165) is 33.8 Å². The average molecular weight is 301 g/mol. The minimum Gasteiger partial charge on any atom is -0.508 e. The van der Waals surface area contributed by atoms with Crippen molar-refractivity contribution in [3.8, 4) is 22.8 Å². The van der Waals surface area contributed by atoms with Gasteiger partial charge in [0.1, 0.15) is 11.6 Å². The molecule has 1 heterocycles. The van der Waals surface area contributed by atoms with Crippen molar-refractivity contribution in [3.05, 3.63) is 72.8 Å². The van der Waals surface area contributed by atoms with Crippen LogP contribution in [-0.2, 0) is 0 Å². The Kier molecular flexibility index (Phi) is 3.01. The van der Waals surface area contributed by atoms with E-state index >= 15 is 0 Å². The van der Waals surface area contributed by atoms with Crippen LogP contribution in [-0.4, -0.2) is 14.7 Å². The zero-order chi connectivity index (χ0) is 15.8. The Balaban J connectivity index is 2.01. The normalized spacial score (nSPS) is 11.0. The van der Waals surface area contributed by atoms with Gasteiger partial charge in [0, 0.05) is 16.9 Å². The molecule has 4 heteroatoms. The lowest BCUT2D eigenvalue weighted by Gasteiger charge is -2.10. The van der Waals surface area contributed by atoms with Crippen LogP contribution in [0.2, 0.25) is 0 Å². The predicted molar refractivity (Wildman–Crippen MR) is 92.6 cm³/mol. The van der Waals surface area contributed by atoms with Crippen molar-refractivity contribution >= 4 is 16.7 Å². The SMILES string of the molecule is Nc1ccc(-c2nc3ccccc3n2-c2ccc(O)cc2)cc1. The molecule has 0 aliphatic carbocycles. The molecule has 0 aliphatic rings. The van der Waals surface area contributed by atoms with Crippen molar-refractivity contribution < 1.29 is 5.11 Å². The van der Waals surface area contributed by atoms with E-state index in [2.05, 4.69) is 4.57 Å². The third-order valence-corrected chi connectivity index (χ3v) is 3.84. The first-order valence-electron chi connectivity index (χ1n) is 7.35. The summed E-state index contributed by atoms with van der Waals surface area (Å²) in [6.07, 6.45) is 0. The van der Waals surface area contributed by atoms with Crippen molar-refractivity contribution in [2.45, 2.75) is 0 Å². The Labute approximate surface area is 133 Å². The molecule has 4 nitrogen and oxygen atoms in total. The van der Waals surface area contributed by atoms with Gasteiger partial charge in [0.15, 0.2) is 0 Å². The van der Waals surface area contributed by atoms with Crippen molar-refractivity contribution in [2.24, 2.45) is 0 Å². The van der Waals surface area contributed by atoms with E-state index in [0.29, 0.717) is 0 Å². The van der Waals surface area contributed by atoms with Gasteiger partial charge in [-0.05, 0) is 60.7 Å². The van der Waals surface area contributed by atoms with Gasteiger partial charge in [0.05, 0.1) is 11.0 Å². The van der Waals surface area contributed by atoms with Gasteiger partial charge in [-0.1, -0.05) is 12.1 Å². The fourth-order valence-electron chi connectivity index (χ4n) is 2.71. The van der Waals surface area contributed by atoms with Crippen LogP contribution < -0.4 is 5.73 Å². The summed E-state index contributed by atoms with van der Waals surface area (Å²) in [4.78, 5) is 4.77. The molecular formula is C19H15N3O. The quantitative estimate of drug-likeness (QED) is 0.550. The lowest BCUT2D eigenvalue weighted by Crippen LogP contribution is -1.97. The maximum absolute atomic E-state index is 9.55. The number of imidazole rings is 1. The van der Waals surface area contributed by atoms with E-state index < -0.39 is 0 Å². The van der Waals surface area contributed by atoms with Crippen molar-refractivity contribution in [2.75, 3.05) is 5.73 Å². The number of anilines is 1. The highest BCUT2D eigenvalue weighted by Crippen LogP contribution is 2.29. The number of hydrogen-bond acceptors (Lipinski definition) is 3. The van der Waals surface area contributed by atoms with Crippen molar-refractivity contribution in [1.82, 2.24) is 9.55 Å². The van der Waals surface area contributed by atoms with Gasteiger partial charge in [0.2, 0.25) is 0 Å². The molecule has 0 amide bonds. The van der Waals surface area contributed by atoms with Gasteiger partial charge in [-0.25, -0.2) is 4.98 Å². The fourth-order valence-corrected chi connectivity index (χ4v) is 2.71. The molecule has 23 heavy (non-hydrogen) atoms. The lowest BCUT2D eigenvalue weighted by molar-refractivity contribution is 0.475. The van der Waals surface area contributed by atoms with E-state index in [9.17, 15) is 5.11 Å². The van der Waals surface area contributed by atoms with Crippen LogP contribution in [0.5, 0.6) is 5.75 Å². The standard InChI is InChI=1S/C19H15N3O/c20-14-7-5-13(6-8-14)19-21-17-3-1-2-4-18(17)22(19)15-9-11-16(23)12-10-15/h1-12,23H,20H2. The number of phenols is 1. The minimum absolute atomic E-state index is 0.243. The highest BCUT2D eigenvalue weighted by molar-refractivity contribution is 5.83. The predicted octanol–water partition coefficient (Wildman–Crippen LogP) is 3.98. The lowest BCUT2D eigenvalue weighted by atomic mass is 10.2. The topological polar surface area (TPSA) is 64.1 Å². The zero-order valence-electron chi connectivity index (χ0n) is 12.3. The number of hydrogen-bond donors (Lipinski definition) is 2. The molecule has 4 aromatic rings. The largest absolute Gasteiger partial charge is 0.508 e. The van der Waals surface area contributed by atoms with Crippen LogP contribution in [0.3, 0.4) is 0 Å². The van der Waals surface area contributed by atoms with E-state index in [1.165, 1.54) is 0 Å². The van der Waals surface area contributed by atoms with Gasteiger partial charge < -0.3 is 10.8 Å². The third kappa shape index (κ3) is 2.30. The number of rotatable bonds is 2. The van der Waals surface area contributed by atoms with Crippen LogP contribution in [0.15, 0.2) is 72.8 Å². The Morgan fingerprint density at radius 3 is 2.26 bits per heavy atom. The molecule has 0 saturated heterocycles.